The lowest BCUT2D eigenvalue weighted by Crippen LogP contribution is -2.30. The monoisotopic (exact) mass is 251 g/mol. The van der Waals surface area contributed by atoms with Gasteiger partial charge in [0.05, 0.1) is 11.3 Å². The van der Waals surface area contributed by atoms with Crippen molar-refractivity contribution in [1.29, 1.82) is 0 Å². The average molecular weight is 251 g/mol. The zero-order valence-electron chi connectivity index (χ0n) is 8.01. The normalized spacial score (nSPS) is 11.1. The number of aromatic carboxylic acids is 1. The van der Waals surface area contributed by atoms with Gasteiger partial charge in [0.1, 0.15) is 5.82 Å². The van der Waals surface area contributed by atoms with Crippen LogP contribution >= 0.6 is 0 Å². The van der Waals surface area contributed by atoms with Crippen molar-refractivity contribution in [2.45, 2.75) is 6.18 Å². The highest BCUT2D eigenvalue weighted by atomic mass is 19.4. The van der Waals surface area contributed by atoms with Crippen LogP contribution in [0.5, 0.6) is 0 Å². The Morgan fingerprint density at radius 2 is 1.82 bits per heavy atom. The maximum Gasteiger partial charge on any atom is 0.471 e. The fraction of sp³-hybridized carbons (Fsp3) is 0.111. The van der Waals surface area contributed by atoms with Gasteiger partial charge in [0.25, 0.3) is 0 Å². The molecular formula is C9H5F4NO3. The molecule has 0 unspecified atom stereocenters. The van der Waals surface area contributed by atoms with Gasteiger partial charge in [-0.05, 0) is 18.2 Å². The molecule has 17 heavy (non-hydrogen) atoms. The van der Waals surface area contributed by atoms with E-state index in [1.807, 2.05) is 0 Å². The van der Waals surface area contributed by atoms with E-state index in [0.717, 1.165) is 12.1 Å². The molecule has 2 N–H and O–H groups in total. The molecule has 0 aliphatic rings. The minimum Gasteiger partial charge on any atom is -0.478 e. The summed E-state index contributed by atoms with van der Waals surface area (Å²) in [6.45, 7) is 0. The van der Waals surface area contributed by atoms with Crippen molar-refractivity contribution in [3.8, 4) is 0 Å². The SMILES string of the molecule is O=C(O)c1ccc(F)cc1NC(=O)C(F)(F)F. The van der Waals surface area contributed by atoms with Crippen molar-refractivity contribution in [2.24, 2.45) is 0 Å². The Kier molecular flexibility index (Phi) is 3.35. The van der Waals surface area contributed by atoms with E-state index in [2.05, 4.69) is 0 Å². The van der Waals surface area contributed by atoms with Crippen LogP contribution in [0.1, 0.15) is 10.4 Å². The molecule has 0 radical (unpaired) electrons. The van der Waals surface area contributed by atoms with E-state index < -0.39 is 35.1 Å². The molecule has 1 rings (SSSR count). The number of rotatable bonds is 2. The van der Waals surface area contributed by atoms with E-state index >= 15 is 0 Å². The molecule has 1 amide bonds. The Balaban J connectivity index is 3.09. The molecule has 0 aromatic heterocycles. The zero-order chi connectivity index (χ0) is 13.2. The largest absolute Gasteiger partial charge is 0.478 e. The molecule has 4 nitrogen and oxygen atoms in total. The van der Waals surface area contributed by atoms with Crippen LogP contribution < -0.4 is 5.32 Å². The summed E-state index contributed by atoms with van der Waals surface area (Å²) < 4.78 is 48.5. The molecule has 0 heterocycles. The molecule has 8 heteroatoms. The van der Waals surface area contributed by atoms with Crippen molar-refractivity contribution in [3.63, 3.8) is 0 Å². The molecule has 0 spiro atoms. The van der Waals surface area contributed by atoms with Crippen molar-refractivity contribution >= 4 is 17.6 Å². The summed E-state index contributed by atoms with van der Waals surface area (Å²) in [5.41, 5.74) is -1.39. The number of alkyl halides is 3. The van der Waals surface area contributed by atoms with Crippen molar-refractivity contribution in [2.75, 3.05) is 5.32 Å². The summed E-state index contributed by atoms with van der Waals surface area (Å²) in [4.78, 5) is 21.2. The predicted molar refractivity (Wildman–Crippen MR) is 48.0 cm³/mol. The molecule has 0 fully saturated rings. The second-order valence-corrected chi connectivity index (χ2v) is 2.95. The molecule has 0 atom stereocenters. The van der Waals surface area contributed by atoms with Gasteiger partial charge in [-0.15, -0.1) is 0 Å². The van der Waals surface area contributed by atoms with Crippen LogP contribution in [-0.2, 0) is 4.79 Å². The molecule has 0 aliphatic carbocycles. The van der Waals surface area contributed by atoms with Crippen LogP contribution in [0.25, 0.3) is 0 Å². The van der Waals surface area contributed by atoms with Gasteiger partial charge >= 0.3 is 18.1 Å². The van der Waals surface area contributed by atoms with Crippen LogP contribution in [-0.4, -0.2) is 23.2 Å². The van der Waals surface area contributed by atoms with E-state index in [1.165, 1.54) is 5.32 Å². The highest BCUT2D eigenvalue weighted by Crippen LogP contribution is 2.22. The first-order valence-corrected chi connectivity index (χ1v) is 4.13. The summed E-state index contributed by atoms with van der Waals surface area (Å²) in [7, 11) is 0. The zero-order valence-corrected chi connectivity index (χ0v) is 8.01. The Morgan fingerprint density at radius 3 is 2.29 bits per heavy atom. The first kappa shape index (κ1) is 12.9. The van der Waals surface area contributed by atoms with E-state index in [0.29, 0.717) is 6.07 Å². The number of carbonyl (C=O) groups excluding carboxylic acids is 1. The van der Waals surface area contributed by atoms with Crippen LogP contribution in [0.3, 0.4) is 0 Å². The van der Waals surface area contributed by atoms with Gasteiger partial charge in [-0.3, -0.25) is 4.79 Å². The van der Waals surface area contributed by atoms with Crippen molar-refractivity contribution in [1.82, 2.24) is 0 Å². The maximum absolute atomic E-state index is 12.7. The molecule has 0 aliphatic heterocycles. The third-order valence-corrected chi connectivity index (χ3v) is 1.72. The Hall–Kier alpha value is -2.12. The fourth-order valence-corrected chi connectivity index (χ4v) is 1.000. The third kappa shape index (κ3) is 3.16. The second-order valence-electron chi connectivity index (χ2n) is 2.95. The quantitative estimate of drug-likeness (QED) is 0.790. The number of halogens is 4. The van der Waals surface area contributed by atoms with E-state index in [4.69, 9.17) is 5.11 Å². The molecule has 1 aromatic carbocycles. The van der Waals surface area contributed by atoms with Gasteiger partial charge in [0.2, 0.25) is 0 Å². The number of carboxylic acids is 1. The second kappa shape index (κ2) is 4.40. The first-order valence-electron chi connectivity index (χ1n) is 4.13. The molecule has 0 saturated heterocycles. The summed E-state index contributed by atoms with van der Waals surface area (Å²) in [5, 5.41) is 9.91. The minimum absolute atomic E-state index is 0.493. The standard InChI is InChI=1S/C9H5F4NO3/c10-4-1-2-5(7(15)16)6(3-4)14-8(17)9(11,12)13/h1-3H,(H,14,17)(H,15,16). The van der Waals surface area contributed by atoms with Gasteiger partial charge in [-0.2, -0.15) is 13.2 Å². The molecule has 1 aromatic rings. The lowest BCUT2D eigenvalue weighted by atomic mass is 10.1. The van der Waals surface area contributed by atoms with E-state index in [9.17, 15) is 27.2 Å². The minimum atomic E-state index is -5.18. The molecule has 0 bridgehead atoms. The van der Waals surface area contributed by atoms with Gasteiger partial charge in [0, 0.05) is 0 Å². The number of hydrogen-bond acceptors (Lipinski definition) is 2. The first-order chi connectivity index (χ1) is 7.71. The van der Waals surface area contributed by atoms with E-state index in [-0.39, 0.29) is 0 Å². The average Bonchev–Trinajstić information content (AvgIpc) is 2.15. The highest BCUT2D eigenvalue weighted by molar-refractivity contribution is 6.02. The van der Waals surface area contributed by atoms with Crippen molar-refractivity contribution in [3.05, 3.63) is 29.6 Å². The fourth-order valence-electron chi connectivity index (χ4n) is 1.000. The number of benzene rings is 1. The Morgan fingerprint density at radius 1 is 1.24 bits per heavy atom. The molecule has 0 saturated carbocycles. The number of carbonyl (C=O) groups is 2. The third-order valence-electron chi connectivity index (χ3n) is 1.72. The highest BCUT2D eigenvalue weighted by Gasteiger charge is 2.39. The van der Waals surface area contributed by atoms with Gasteiger partial charge in [0.15, 0.2) is 0 Å². The van der Waals surface area contributed by atoms with Crippen LogP contribution in [0.15, 0.2) is 18.2 Å². The van der Waals surface area contributed by atoms with Crippen LogP contribution in [0, 0.1) is 5.82 Å². The van der Waals surface area contributed by atoms with Gasteiger partial charge < -0.3 is 10.4 Å². The lowest BCUT2D eigenvalue weighted by Gasteiger charge is -2.10. The predicted octanol–water partition coefficient (Wildman–Crippen LogP) is 2.02. The van der Waals surface area contributed by atoms with Crippen LogP contribution in [0.4, 0.5) is 23.2 Å². The Labute approximate surface area is 91.9 Å². The molecule has 92 valence electrons. The summed E-state index contributed by atoms with van der Waals surface area (Å²) in [5.74, 6) is -4.92. The number of hydrogen-bond donors (Lipinski definition) is 2. The number of amides is 1. The van der Waals surface area contributed by atoms with Crippen LogP contribution in [0.2, 0.25) is 0 Å². The lowest BCUT2D eigenvalue weighted by molar-refractivity contribution is -0.167. The summed E-state index contributed by atoms with van der Waals surface area (Å²) >= 11 is 0. The summed E-state index contributed by atoms with van der Waals surface area (Å²) in [6, 6.07) is 2.00. The number of anilines is 1. The molecular weight excluding hydrogens is 246 g/mol. The van der Waals surface area contributed by atoms with Crippen molar-refractivity contribution < 1.29 is 32.3 Å². The van der Waals surface area contributed by atoms with Gasteiger partial charge in [-0.25, -0.2) is 9.18 Å². The summed E-state index contributed by atoms with van der Waals surface area (Å²) in [6.07, 6.45) is -5.18. The topological polar surface area (TPSA) is 66.4 Å². The van der Waals surface area contributed by atoms with E-state index in [1.54, 1.807) is 0 Å². The number of nitrogens with one attached hydrogen (secondary N) is 1. The number of carboxylic acid groups (broad SMARTS) is 1. The van der Waals surface area contributed by atoms with Gasteiger partial charge in [-0.1, -0.05) is 0 Å². The Bertz CT molecular complexity index is 470. The smallest absolute Gasteiger partial charge is 0.471 e. The maximum atomic E-state index is 12.7.